The zero-order valence-electron chi connectivity index (χ0n) is 16.1. The topological polar surface area (TPSA) is 81.1 Å². The van der Waals surface area contributed by atoms with Crippen molar-refractivity contribution < 1.29 is 22.7 Å². The monoisotopic (exact) mass is 411 g/mol. The first-order chi connectivity index (χ1) is 13.8. The predicted molar refractivity (Wildman–Crippen MR) is 101 cm³/mol. The molecule has 0 spiro atoms. The molecule has 2 aromatic rings. The van der Waals surface area contributed by atoms with Crippen LogP contribution >= 0.6 is 0 Å². The van der Waals surface area contributed by atoms with Crippen LogP contribution in [0.2, 0.25) is 0 Å². The molecule has 0 radical (unpaired) electrons. The van der Waals surface area contributed by atoms with Crippen LogP contribution in [0.5, 0.6) is 0 Å². The van der Waals surface area contributed by atoms with Crippen molar-refractivity contribution in [3.63, 3.8) is 0 Å². The van der Waals surface area contributed by atoms with Crippen LogP contribution in [0, 0.1) is 5.92 Å². The summed E-state index contributed by atoms with van der Waals surface area (Å²) >= 11 is 0. The normalized spacial score (nSPS) is 19.7. The Hall–Kier alpha value is -2.62. The van der Waals surface area contributed by atoms with Crippen molar-refractivity contribution in [1.82, 2.24) is 20.1 Å². The lowest BCUT2D eigenvalue weighted by Gasteiger charge is -2.28. The van der Waals surface area contributed by atoms with Crippen LogP contribution in [0.1, 0.15) is 38.2 Å². The summed E-state index contributed by atoms with van der Waals surface area (Å²) in [5.41, 5.74) is -1.11. The Balaban J connectivity index is 1.56. The van der Waals surface area contributed by atoms with Gasteiger partial charge in [-0.3, -0.25) is 0 Å². The molecule has 1 aliphatic rings. The molecule has 7 nitrogen and oxygen atoms in total. The minimum atomic E-state index is -4.64. The number of alkyl halides is 3. The summed E-state index contributed by atoms with van der Waals surface area (Å²) in [6.07, 6.45) is 2.52. The second kappa shape index (κ2) is 9.25. The molecule has 2 amide bonds. The highest BCUT2D eigenvalue weighted by Crippen LogP contribution is 2.36. The third-order valence-electron chi connectivity index (χ3n) is 4.99. The summed E-state index contributed by atoms with van der Waals surface area (Å²) < 4.78 is 47.3. The molecule has 1 aliphatic carbocycles. The highest BCUT2D eigenvalue weighted by Gasteiger charge is 2.34. The standard InChI is InChI=1S/C19H24F3N5O2/c1-13-4-2-3-5-17(13)29-9-8-24-18(28)26-16-7-6-14(27-12-23-11-25-27)10-15(16)19(20,21)22/h6-7,10-13,17H,2-5,8-9H2,1H3,(H2,24,26,28)/t13-,17+/m1/s1. The van der Waals surface area contributed by atoms with Crippen LogP contribution in [0.15, 0.2) is 30.9 Å². The largest absolute Gasteiger partial charge is 0.418 e. The lowest BCUT2D eigenvalue weighted by atomic mass is 9.88. The number of urea groups is 1. The number of nitrogens with one attached hydrogen (secondary N) is 2. The van der Waals surface area contributed by atoms with Gasteiger partial charge in [-0.2, -0.15) is 18.3 Å². The first kappa shape index (κ1) is 21.1. The van der Waals surface area contributed by atoms with Gasteiger partial charge in [-0.15, -0.1) is 0 Å². The van der Waals surface area contributed by atoms with E-state index in [1.807, 2.05) is 0 Å². The molecule has 1 fully saturated rings. The quantitative estimate of drug-likeness (QED) is 0.704. The van der Waals surface area contributed by atoms with E-state index in [1.165, 1.54) is 35.9 Å². The number of carbonyl (C=O) groups excluding carboxylic acids is 1. The van der Waals surface area contributed by atoms with E-state index in [-0.39, 0.29) is 24.0 Å². The van der Waals surface area contributed by atoms with Gasteiger partial charge in [0, 0.05) is 6.54 Å². The molecule has 1 aromatic heterocycles. The highest BCUT2D eigenvalue weighted by atomic mass is 19.4. The number of aromatic nitrogens is 3. The fourth-order valence-corrected chi connectivity index (χ4v) is 3.43. The summed E-state index contributed by atoms with van der Waals surface area (Å²) in [6.45, 7) is 2.68. The van der Waals surface area contributed by atoms with Crippen LogP contribution < -0.4 is 10.6 Å². The average molecular weight is 411 g/mol. The van der Waals surface area contributed by atoms with Gasteiger partial charge in [-0.25, -0.2) is 14.5 Å². The number of ether oxygens (including phenoxy) is 1. The summed E-state index contributed by atoms with van der Waals surface area (Å²) in [6, 6.07) is 2.81. The van der Waals surface area contributed by atoms with Crippen molar-refractivity contribution in [2.45, 2.75) is 44.9 Å². The molecule has 1 heterocycles. The Labute approximate surface area is 166 Å². The van der Waals surface area contributed by atoms with Crippen LogP contribution in [-0.4, -0.2) is 40.1 Å². The molecule has 10 heteroatoms. The van der Waals surface area contributed by atoms with E-state index in [4.69, 9.17) is 4.74 Å². The molecule has 158 valence electrons. The number of hydrogen-bond donors (Lipinski definition) is 2. The van der Waals surface area contributed by atoms with E-state index in [1.54, 1.807) is 0 Å². The third kappa shape index (κ3) is 5.69. The predicted octanol–water partition coefficient (Wildman–Crippen LogP) is 4.00. The lowest BCUT2D eigenvalue weighted by Crippen LogP contribution is -2.34. The first-order valence-electron chi connectivity index (χ1n) is 9.57. The third-order valence-corrected chi connectivity index (χ3v) is 4.99. The van der Waals surface area contributed by atoms with Crippen molar-refractivity contribution in [2.24, 2.45) is 5.92 Å². The Morgan fingerprint density at radius 3 is 2.79 bits per heavy atom. The van der Waals surface area contributed by atoms with Gasteiger partial charge in [0.05, 0.1) is 29.6 Å². The molecular weight excluding hydrogens is 387 g/mol. The second-order valence-corrected chi connectivity index (χ2v) is 7.12. The van der Waals surface area contributed by atoms with Gasteiger partial charge in [0.25, 0.3) is 0 Å². The van der Waals surface area contributed by atoms with E-state index >= 15 is 0 Å². The Morgan fingerprint density at radius 2 is 2.10 bits per heavy atom. The molecule has 2 N–H and O–H groups in total. The zero-order chi connectivity index (χ0) is 20.9. The van der Waals surface area contributed by atoms with Crippen molar-refractivity contribution >= 4 is 11.7 Å². The summed E-state index contributed by atoms with van der Waals surface area (Å²) in [4.78, 5) is 15.8. The number of rotatable bonds is 6. The maximum absolute atomic E-state index is 13.4. The molecule has 0 saturated heterocycles. The van der Waals surface area contributed by atoms with Crippen LogP contribution in [0.4, 0.5) is 23.7 Å². The maximum Gasteiger partial charge on any atom is 0.418 e. The number of amides is 2. The van der Waals surface area contributed by atoms with Gasteiger partial charge in [-0.05, 0) is 37.0 Å². The van der Waals surface area contributed by atoms with E-state index in [2.05, 4.69) is 27.6 Å². The molecular formula is C19H24F3N5O2. The van der Waals surface area contributed by atoms with E-state index in [0.717, 1.165) is 25.3 Å². The zero-order valence-corrected chi connectivity index (χ0v) is 16.1. The number of carbonyl (C=O) groups is 1. The van der Waals surface area contributed by atoms with E-state index in [9.17, 15) is 18.0 Å². The van der Waals surface area contributed by atoms with Crippen molar-refractivity contribution in [3.8, 4) is 5.69 Å². The smallest absolute Gasteiger partial charge is 0.376 e. The Kier molecular flexibility index (Phi) is 6.73. The maximum atomic E-state index is 13.4. The van der Waals surface area contributed by atoms with Gasteiger partial charge < -0.3 is 15.4 Å². The van der Waals surface area contributed by atoms with Crippen LogP contribution in [0.3, 0.4) is 0 Å². The summed E-state index contributed by atoms with van der Waals surface area (Å²) in [5, 5.41) is 8.62. The van der Waals surface area contributed by atoms with Gasteiger partial charge in [0.1, 0.15) is 12.7 Å². The number of halogens is 3. The number of hydrogen-bond acceptors (Lipinski definition) is 4. The lowest BCUT2D eigenvalue weighted by molar-refractivity contribution is -0.136. The molecule has 3 rings (SSSR count). The Bertz CT molecular complexity index is 811. The minimum Gasteiger partial charge on any atom is -0.376 e. The van der Waals surface area contributed by atoms with Gasteiger partial charge in [0.15, 0.2) is 0 Å². The summed E-state index contributed by atoms with van der Waals surface area (Å²) in [5.74, 6) is 0.482. The number of nitrogens with zero attached hydrogens (tertiary/aromatic N) is 3. The minimum absolute atomic E-state index is 0.176. The van der Waals surface area contributed by atoms with Crippen molar-refractivity contribution in [1.29, 1.82) is 0 Å². The van der Waals surface area contributed by atoms with Crippen molar-refractivity contribution in [2.75, 3.05) is 18.5 Å². The number of anilines is 1. The molecule has 0 unspecified atom stereocenters. The van der Waals surface area contributed by atoms with Crippen molar-refractivity contribution in [3.05, 3.63) is 36.4 Å². The van der Waals surface area contributed by atoms with Crippen LogP contribution in [-0.2, 0) is 10.9 Å². The fraction of sp³-hybridized carbons (Fsp3) is 0.526. The Morgan fingerprint density at radius 1 is 1.31 bits per heavy atom. The average Bonchev–Trinajstić information content (AvgIpc) is 3.21. The first-order valence-corrected chi connectivity index (χ1v) is 9.57. The molecule has 1 saturated carbocycles. The van der Waals surface area contributed by atoms with Gasteiger partial charge in [0.2, 0.25) is 0 Å². The molecule has 29 heavy (non-hydrogen) atoms. The second-order valence-electron chi connectivity index (χ2n) is 7.12. The number of benzene rings is 1. The molecule has 2 atom stereocenters. The SMILES string of the molecule is C[C@@H]1CCCC[C@@H]1OCCNC(=O)Nc1ccc(-n2cncn2)cc1C(F)(F)F. The van der Waals surface area contributed by atoms with E-state index in [0.29, 0.717) is 12.5 Å². The van der Waals surface area contributed by atoms with Gasteiger partial charge >= 0.3 is 12.2 Å². The molecule has 0 aliphatic heterocycles. The van der Waals surface area contributed by atoms with Crippen LogP contribution in [0.25, 0.3) is 5.69 Å². The molecule has 0 bridgehead atoms. The summed E-state index contributed by atoms with van der Waals surface area (Å²) in [7, 11) is 0. The fourth-order valence-electron chi connectivity index (χ4n) is 3.43. The molecule has 1 aromatic carbocycles. The van der Waals surface area contributed by atoms with Gasteiger partial charge in [-0.1, -0.05) is 19.8 Å². The highest BCUT2D eigenvalue weighted by molar-refractivity contribution is 5.90. The van der Waals surface area contributed by atoms with E-state index < -0.39 is 17.8 Å².